The van der Waals surface area contributed by atoms with Crippen LogP contribution in [-0.4, -0.2) is 21.7 Å². The van der Waals surface area contributed by atoms with Crippen molar-refractivity contribution in [2.24, 2.45) is 0 Å². The van der Waals surface area contributed by atoms with Gasteiger partial charge in [0.05, 0.1) is 9.81 Å². The number of hydrogen-bond acceptors (Lipinski definition) is 4. The van der Waals surface area contributed by atoms with Crippen molar-refractivity contribution in [1.82, 2.24) is 5.32 Å². The molecule has 0 saturated carbocycles. The molecule has 0 atom stereocenters. The Hall–Kier alpha value is -1.25. The van der Waals surface area contributed by atoms with Crippen LogP contribution >= 0.6 is 23.5 Å². The number of alkyl halides is 2. The molecule has 0 aromatic heterocycles. The first-order valence-corrected chi connectivity index (χ1v) is 13.0. The van der Waals surface area contributed by atoms with Gasteiger partial charge in [0.15, 0.2) is 0 Å². The largest absolute Gasteiger partial charge is 0.287 e. The summed E-state index contributed by atoms with van der Waals surface area (Å²) in [6.07, 6.45) is 0. The van der Waals surface area contributed by atoms with E-state index in [0.717, 1.165) is 9.79 Å². The molecule has 1 aliphatic rings. The second-order valence-electron chi connectivity index (χ2n) is 4.65. The van der Waals surface area contributed by atoms with E-state index in [0.29, 0.717) is 31.0 Å². The van der Waals surface area contributed by atoms with E-state index in [-0.39, 0.29) is 11.8 Å². The van der Waals surface area contributed by atoms with Crippen LogP contribution in [0.4, 0.5) is 0 Å². The van der Waals surface area contributed by atoms with Gasteiger partial charge in [-0.1, -0.05) is 59.9 Å². The summed E-state index contributed by atoms with van der Waals surface area (Å²) in [5.41, 5.74) is 0. The Morgan fingerprint density at radius 2 is 1.04 bits per heavy atom. The predicted octanol–water partition coefficient (Wildman–Crippen LogP) is 0.774. The second-order valence-corrected chi connectivity index (χ2v) is 8.97. The Morgan fingerprint density at radius 3 is 1.38 bits per heavy atom. The Balaban J connectivity index is 0.000000647. The van der Waals surface area contributed by atoms with Crippen molar-refractivity contribution in [1.29, 1.82) is 0 Å². The average molecular weight is 470 g/mol. The Morgan fingerprint density at radius 1 is 0.708 bits per heavy atom. The topological polar surface area (TPSA) is 46.2 Å². The number of hydrogen-bond donors (Lipinski definition) is 1. The van der Waals surface area contributed by atoms with E-state index >= 15 is 0 Å². The number of amides is 2. The fourth-order valence-electron chi connectivity index (χ4n) is 1.82. The first kappa shape index (κ1) is 19.1. The molecule has 3 rings (SSSR count). The molecular formula is C18H17INO2S2-. The summed E-state index contributed by atoms with van der Waals surface area (Å²) in [5, 5.41) is 2.36. The Bertz CT molecular complexity index is 672. The molecule has 24 heavy (non-hydrogen) atoms. The van der Waals surface area contributed by atoms with Crippen molar-refractivity contribution in [3.05, 3.63) is 70.5 Å². The van der Waals surface area contributed by atoms with Crippen LogP contribution in [0.1, 0.15) is 0 Å². The van der Waals surface area contributed by atoms with E-state index < -0.39 is 0 Å². The fourth-order valence-corrected chi connectivity index (χ4v) is 3.79. The molecule has 1 aliphatic heterocycles. The van der Waals surface area contributed by atoms with E-state index in [4.69, 9.17) is 0 Å². The zero-order valence-corrected chi connectivity index (χ0v) is 17.1. The van der Waals surface area contributed by atoms with Gasteiger partial charge in [0, 0.05) is 9.79 Å². The predicted molar refractivity (Wildman–Crippen MR) is 96.6 cm³/mol. The number of halogens is 1. The van der Waals surface area contributed by atoms with E-state index in [2.05, 4.69) is 15.2 Å². The normalized spacial score (nSPS) is 13.6. The molecule has 0 fully saturated rings. The molecule has 1 N–H and O–H groups in total. The van der Waals surface area contributed by atoms with Crippen LogP contribution in [0.15, 0.2) is 80.3 Å². The summed E-state index contributed by atoms with van der Waals surface area (Å²) in [6, 6.07) is 19.1. The van der Waals surface area contributed by atoms with Crippen LogP contribution in [0.25, 0.3) is 0 Å². The zero-order valence-electron chi connectivity index (χ0n) is 13.3. The number of benzene rings is 2. The number of carbonyl (C=O) groups excluding carboxylic acids is 2. The Kier molecular flexibility index (Phi) is 7.87. The average Bonchev–Trinajstić information content (AvgIpc) is 2.85. The minimum absolute atomic E-state index is 0.327. The van der Waals surface area contributed by atoms with Gasteiger partial charge in [0.1, 0.15) is 0 Å². The van der Waals surface area contributed by atoms with E-state index in [9.17, 15) is 9.59 Å². The Labute approximate surface area is 160 Å². The number of imide groups is 1. The van der Waals surface area contributed by atoms with E-state index in [1.165, 1.54) is 23.5 Å². The summed E-state index contributed by atoms with van der Waals surface area (Å²) in [5.74, 6) is -0.653. The zero-order chi connectivity index (χ0) is 17.4. The van der Waals surface area contributed by atoms with E-state index in [1.807, 2.05) is 60.7 Å². The molecule has 1 heterocycles. The number of nitrogens with one attached hydrogen (secondary N) is 1. The van der Waals surface area contributed by atoms with Crippen molar-refractivity contribution in [2.75, 3.05) is 9.86 Å². The number of thioether (sulfide) groups is 2. The van der Waals surface area contributed by atoms with Crippen molar-refractivity contribution in [3.8, 4) is 0 Å². The molecule has 6 heteroatoms. The minimum atomic E-state index is -0.327. The summed E-state index contributed by atoms with van der Waals surface area (Å²) < 4.78 is 0. The molecular weight excluding hydrogens is 453 g/mol. The molecule has 2 amide bonds. The summed E-state index contributed by atoms with van der Waals surface area (Å²) in [4.78, 5) is 31.2. The van der Waals surface area contributed by atoms with Gasteiger partial charge in [-0.2, -0.15) is 0 Å². The molecule has 0 unspecified atom stereocenters. The first-order chi connectivity index (χ1) is 11.7. The van der Waals surface area contributed by atoms with Crippen molar-refractivity contribution >= 4 is 35.3 Å². The van der Waals surface area contributed by atoms with Crippen LogP contribution in [0.2, 0.25) is 0 Å². The van der Waals surface area contributed by atoms with Gasteiger partial charge in [0.25, 0.3) is 11.8 Å². The standard InChI is InChI=1S/C16H11NO2S2.C2H6I/c18-15-13(20-11-7-3-1-4-8-11)14(16(19)17-15)21-12-9-5-2-6-10-12;1-3-2/h1-10H,(H,17,18,19);1-2H3/q;-1. The van der Waals surface area contributed by atoms with Gasteiger partial charge in [-0.3, -0.25) is 14.9 Å². The summed E-state index contributed by atoms with van der Waals surface area (Å²) >= 11 is 3.22. The minimum Gasteiger partial charge on any atom is -0.287 e. The van der Waals surface area contributed by atoms with Crippen molar-refractivity contribution < 1.29 is 30.8 Å². The molecule has 0 bridgehead atoms. The fraction of sp³-hybridized carbons (Fsp3) is 0.111. The summed E-state index contributed by atoms with van der Waals surface area (Å²) in [6.45, 7) is 0. The smallest absolute Gasteiger partial charge is 0.266 e. The number of rotatable bonds is 4. The maximum atomic E-state index is 12.0. The van der Waals surface area contributed by atoms with Gasteiger partial charge in [-0.05, 0) is 24.3 Å². The third-order valence-electron chi connectivity index (χ3n) is 2.77. The maximum absolute atomic E-state index is 12.0. The molecule has 0 spiro atoms. The third-order valence-corrected chi connectivity index (χ3v) is 5.10. The van der Waals surface area contributed by atoms with Crippen LogP contribution in [0, 0.1) is 0 Å². The van der Waals surface area contributed by atoms with E-state index in [1.54, 1.807) is 0 Å². The quantitative estimate of drug-likeness (QED) is 0.408. The second kappa shape index (κ2) is 9.90. The monoisotopic (exact) mass is 470 g/mol. The van der Waals surface area contributed by atoms with Gasteiger partial charge < -0.3 is 0 Å². The molecule has 3 nitrogen and oxygen atoms in total. The van der Waals surface area contributed by atoms with Crippen LogP contribution < -0.4 is 26.5 Å². The molecule has 0 saturated heterocycles. The molecule has 126 valence electrons. The molecule has 0 radical (unpaired) electrons. The van der Waals surface area contributed by atoms with Crippen molar-refractivity contribution in [2.45, 2.75) is 9.79 Å². The van der Waals surface area contributed by atoms with Gasteiger partial charge in [-0.25, -0.2) is 0 Å². The number of carbonyl (C=O) groups is 2. The first-order valence-electron chi connectivity index (χ1n) is 7.05. The van der Waals surface area contributed by atoms with Crippen LogP contribution in [-0.2, 0) is 9.59 Å². The summed E-state index contributed by atoms with van der Waals surface area (Å²) in [7, 11) is 0. The van der Waals surface area contributed by atoms with Crippen LogP contribution in [0.5, 0.6) is 0 Å². The van der Waals surface area contributed by atoms with Crippen molar-refractivity contribution in [3.63, 3.8) is 0 Å². The van der Waals surface area contributed by atoms with Crippen LogP contribution in [0.3, 0.4) is 0 Å². The molecule has 0 aliphatic carbocycles. The SMILES string of the molecule is C[I-]C.O=C1NC(=O)C(Sc2ccccc2)=C1Sc1ccccc1. The molecule has 2 aromatic carbocycles. The molecule has 2 aromatic rings. The maximum Gasteiger partial charge on any atom is 0.266 e. The van der Waals surface area contributed by atoms with Gasteiger partial charge in [0.2, 0.25) is 0 Å². The van der Waals surface area contributed by atoms with Gasteiger partial charge >= 0.3 is 31.1 Å². The third kappa shape index (κ3) is 5.39. The van der Waals surface area contributed by atoms with Gasteiger partial charge in [-0.15, -0.1) is 0 Å².